The maximum absolute atomic E-state index is 14.4. The van der Waals surface area contributed by atoms with Crippen LogP contribution in [-0.4, -0.2) is 77.9 Å². The predicted molar refractivity (Wildman–Crippen MR) is 230 cm³/mol. The maximum Gasteiger partial charge on any atom is 0.243 e. The number of fused-ring (bicyclic) bond motifs is 1. The molecule has 0 aliphatic carbocycles. The molecule has 17 heteroatoms. The molecule has 5 amide bonds. The quantitative estimate of drug-likeness (QED) is 0.0948. The van der Waals surface area contributed by atoms with Crippen LogP contribution in [0.3, 0.4) is 0 Å². The number of ketones is 2. The number of carbonyl (C=O) groups excluding carboxylic acids is 7. The van der Waals surface area contributed by atoms with Crippen molar-refractivity contribution in [2.45, 2.75) is 134 Å². The number of Topliss-reactive ketones (excluding diaryl/α,β-unsaturated/α-hetero) is 2. The molecule has 14 nitrogen and oxygen atoms in total. The average molecular weight is 1090 g/mol. The number of para-hydroxylation sites is 1. The predicted octanol–water partition coefficient (Wildman–Crippen LogP) is 4.62. The van der Waals surface area contributed by atoms with Gasteiger partial charge in [-0.25, -0.2) is 0 Å². The molecule has 6 N–H and O–H groups in total. The number of amides is 5. The van der Waals surface area contributed by atoms with Crippen LogP contribution in [0.15, 0.2) is 60.8 Å². The number of rotatable bonds is 17. The topological polar surface area (TPSA) is 218 Å². The Balaban J connectivity index is 0.00000661. The van der Waals surface area contributed by atoms with Gasteiger partial charge in [-0.05, 0) is 49.5 Å². The van der Waals surface area contributed by atoms with Gasteiger partial charge in [-0.15, -0.1) is 5.52 Å². The molecule has 2 heterocycles. The summed E-state index contributed by atoms with van der Waals surface area (Å²) >= 11 is 0. The summed E-state index contributed by atoms with van der Waals surface area (Å²) in [5, 5.41) is 15.0. The zero-order chi connectivity index (χ0) is 43.6. The first-order valence-corrected chi connectivity index (χ1v) is 21.4. The molecular formula is C46H62N7O7Y3-3. The number of nitrogens with zero attached hydrogens (tertiary/aromatic N) is 1. The first kappa shape index (κ1) is 59.0. The summed E-state index contributed by atoms with van der Waals surface area (Å²) in [6.07, 6.45) is 5.01. The van der Waals surface area contributed by atoms with Crippen molar-refractivity contribution < 1.29 is 132 Å². The summed E-state index contributed by atoms with van der Waals surface area (Å²) < 4.78 is 0. The molecular weight excluding hydrogens is 1030 g/mol. The van der Waals surface area contributed by atoms with E-state index in [1.807, 2.05) is 68.4 Å². The molecule has 335 valence electrons. The Morgan fingerprint density at radius 1 is 0.714 bits per heavy atom. The Hall–Kier alpha value is -2.06. The van der Waals surface area contributed by atoms with Gasteiger partial charge >= 0.3 is 0 Å². The van der Waals surface area contributed by atoms with E-state index in [-0.39, 0.29) is 167 Å². The van der Waals surface area contributed by atoms with Crippen LogP contribution in [0, 0.1) is 18.8 Å². The zero-order valence-corrected chi connectivity index (χ0v) is 45.5. The maximum atomic E-state index is 14.4. The van der Waals surface area contributed by atoms with Gasteiger partial charge in [-0.2, -0.15) is 19.2 Å². The van der Waals surface area contributed by atoms with Gasteiger partial charge in [0.15, 0.2) is 5.78 Å². The monoisotopic (exact) mass is 1090 g/mol. The van der Waals surface area contributed by atoms with Crippen LogP contribution in [0.25, 0.3) is 16.6 Å². The van der Waals surface area contributed by atoms with Crippen molar-refractivity contribution in [3.63, 3.8) is 0 Å². The second-order valence-electron chi connectivity index (χ2n) is 16.0. The molecule has 3 aromatic rings. The van der Waals surface area contributed by atoms with Gasteiger partial charge in [0.2, 0.25) is 29.5 Å². The van der Waals surface area contributed by atoms with Crippen LogP contribution < -0.4 is 31.6 Å². The van der Waals surface area contributed by atoms with Gasteiger partial charge in [0.05, 0.1) is 6.04 Å². The molecule has 0 spiro atoms. The summed E-state index contributed by atoms with van der Waals surface area (Å²) in [7, 11) is 0. The van der Waals surface area contributed by atoms with E-state index in [4.69, 9.17) is 5.73 Å². The van der Waals surface area contributed by atoms with Crippen molar-refractivity contribution >= 4 is 52.0 Å². The fourth-order valence-electron chi connectivity index (χ4n) is 7.48. The Kier molecular flexibility index (Phi) is 29.0. The Morgan fingerprint density at radius 2 is 1.25 bits per heavy atom. The normalized spacial score (nSPS) is 22.0. The van der Waals surface area contributed by atoms with Crippen molar-refractivity contribution in [1.29, 1.82) is 0 Å². The van der Waals surface area contributed by atoms with Crippen LogP contribution in [0.2, 0.25) is 0 Å². The molecule has 1 aliphatic rings. The minimum atomic E-state index is -1.27. The van der Waals surface area contributed by atoms with Gasteiger partial charge in [0.25, 0.3) is 0 Å². The number of aromatic nitrogens is 1. The first-order valence-electron chi connectivity index (χ1n) is 21.4. The number of carbonyl (C=O) groups is 7. The van der Waals surface area contributed by atoms with Gasteiger partial charge in [0, 0.05) is 123 Å². The third-order valence-electron chi connectivity index (χ3n) is 11.3. The number of nitrogens with one attached hydrogen (secondary N) is 6. The molecule has 7 atom stereocenters. The molecule has 0 bridgehead atoms. The van der Waals surface area contributed by atoms with Gasteiger partial charge in [-0.3, -0.25) is 28.8 Å². The Bertz CT molecular complexity index is 1930. The first-order chi connectivity index (χ1) is 28.8. The minimum absolute atomic E-state index is 0. The average Bonchev–Trinajstić information content (AvgIpc) is 3.64. The number of unbranched alkanes of at least 4 members (excludes halogenated alkanes) is 3. The third kappa shape index (κ3) is 19.0. The Morgan fingerprint density at radius 3 is 1.86 bits per heavy atom. The van der Waals surface area contributed by atoms with Crippen molar-refractivity contribution in [2.75, 3.05) is 6.54 Å². The Labute approximate surface area is 447 Å². The smallest absolute Gasteiger partial charge is 0.243 e. The van der Waals surface area contributed by atoms with Gasteiger partial charge in [0.1, 0.15) is 30.0 Å². The van der Waals surface area contributed by atoms with Crippen molar-refractivity contribution in [1.82, 2.24) is 31.6 Å². The molecule has 1 fully saturated rings. The molecule has 1 aliphatic heterocycles. The molecule has 3 radical (unpaired) electrons. The largest absolute Gasteiger partial charge is 0.677 e. The van der Waals surface area contributed by atoms with Crippen molar-refractivity contribution in [2.24, 2.45) is 11.8 Å². The van der Waals surface area contributed by atoms with Gasteiger partial charge < -0.3 is 49.0 Å². The van der Waals surface area contributed by atoms with Crippen molar-refractivity contribution in [3.05, 3.63) is 84.6 Å². The van der Waals surface area contributed by atoms with Crippen LogP contribution in [0.1, 0.15) is 103 Å². The number of hydrogen-bond acceptors (Lipinski definition) is 7. The van der Waals surface area contributed by atoms with E-state index >= 15 is 0 Å². The SMILES string of the molecule is [CH2-]CCCCC1NC(=O)C(CCCC[NH-])NC(=O)C(Cc2c[n-]c3ccccc23)NC(=O)C(CCC(C)=O)NC(=O)C(Cc2ccccc2)CC(=O)C(C(C)CC)NC1=O.[Y].[Y].[Y]. The molecule has 2 aromatic carbocycles. The summed E-state index contributed by atoms with van der Waals surface area (Å²) in [5.74, 6) is -5.05. The standard InChI is InChI=1S/C46H62N7O7.3Y/c1-5-7-9-20-37-45(59)53-41(29(3)6-2)40(55)27-32(25-31-16-10-8-11-17-31)42(56)49-38(23-22-30(4)54)44(58)52-39(26-33-28-48-35-19-13-12-18-34(33)35)46(60)51-36(43(57)50-37)21-14-15-24-47;;;/h8,10-13,16-19,28-29,32,36-39,41,47H,1,5-7,9,14-15,20-27H2,2-4H3,(H,49,56)(H,50,57)(H,51,60)(H,52,58)(H,53,59);;;/q-3;;;. The van der Waals surface area contributed by atoms with E-state index in [1.165, 1.54) is 6.92 Å². The molecule has 1 aromatic heterocycles. The molecule has 0 saturated carbocycles. The van der Waals surface area contributed by atoms with E-state index in [1.54, 1.807) is 6.20 Å². The molecule has 1 saturated heterocycles. The summed E-state index contributed by atoms with van der Waals surface area (Å²) in [5.41, 5.74) is 9.80. The van der Waals surface area contributed by atoms with E-state index in [0.29, 0.717) is 49.6 Å². The molecule has 63 heavy (non-hydrogen) atoms. The van der Waals surface area contributed by atoms with Crippen LogP contribution in [-0.2, 0) is 145 Å². The molecule has 7 unspecified atom stereocenters. The third-order valence-corrected chi connectivity index (χ3v) is 11.3. The van der Waals surface area contributed by atoms with Crippen LogP contribution in [0.4, 0.5) is 0 Å². The minimum Gasteiger partial charge on any atom is -0.677 e. The zero-order valence-electron chi connectivity index (χ0n) is 37.0. The fourth-order valence-corrected chi connectivity index (χ4v) is 7.48. The van der Waals surface area contributed by atoms with E-state index in [9.17, 15) is 33.6 Å². The summed E-state index contributed by atoms with van der Waals surface area (Å²) in [6, 6.07) is 10.8. The molecule has 4 rings (SSSR count). The van der Waals surface area contributed by atoms with Crippen molar-refractivity contribution in [3.8, 4) is 0 Å². The number of benzene rings is 2. The van der Waals surface area contributed by atoms with Gasteiger partial charge in [-0.1, -0.05) is 106 Å². The number of hydrogen-bond donors (Lipinski definition) is 5. The summed E-state index contributed by atoms with van der Waals surface area (Å²) in [6.45, 7) is 9.11. The van der Waals surface area contributed by atoms with E-state index < -0.39 is 65.7 Å². The van der Waals surface area contributed by atoms with Crippen LogP contribution >= 0.6 is 0 Å². The fraction of sp³-hybridized carbons (Fsp3) is 0.522. The second kappa shape index (κ2) is 31.0. The van der Waals surface area contributed by atoms with E-state index in [2.05, 4.69) is 38.5 Å². The van der Waals surface area contributed by atoms with E-state index in [0.717, 1.165) is 10.9 Å². The second-order valence-corrected chi connectivity index (χ2v) is 16.0. The van der Waals surface area contributed by atoms with Crippen LogP contribution in [0.5, 0.6) is 0 Å². The summed E-state index contributed by atoms with van der Waals surface area (Å²) in [4.78, 5) is 102.